The van der Waals surface area contributed by atoms with Crippen molar-refractivity contribution in [3.63, 3.8) is 0 Å². The van der Waals surface area contributed by atoms with E-state index in [1.807, 2.05) is 18.2 Å². The minimum Gasteiger partial charge on any atom is -0.462 e. The zero-order valence-electron chi connectivity index (χ0n) is 17.9. The van der Waals surface area contributed by atoms with Crippen LogP contribution in [0.2, 0.25) is 0 Å². The maximum Gasteiger partial charge on any atom is 0.341 e. The molecule has 0 aliphatic heterocycles. The molecule has 1 aromatic heterocycles. The van der Waals surface area contributed by atoms with Crippen molar-refractivity contribution in [3.8, 4) is 0 Å². The van der Waals surface area contributed by atoms with Crippen LogP contribution in [0.15, 0.2) is 29.2 Å². The number of anilines is 2. The number of hydrogen-bond acceptors (Lipinski definition) is 6. The van der Waals surface area contributed by atoms with E-state index in [-0.39, 0.29) is 23.5 Å². The van der Waals surface area contributed by atoms with E-state index in [4.69, 9.17) is 4.74 Å². The quantitative estimate of drug-likeness (QED) is 0.434. The Balaban J connectivity index is 1.72. The highest BCUT2D eigenvalue weighted by Gasteiger charge is 2.26. The first-order valence-corrected chi connectivity index (χ1v) is 12.4. The summed E-state index contributed by atoms with van der Waals surface area (Å²) >= 11 is 2.89. The van der Waals surface area contributed by atoms with Gasteiger partial charge < -0.3 is 15.4 Å². The van der Waals surface area contributed by atoms with Gasteiger partial charge in [-0.2, -0.15) is 0 Å². The minimum atomic E-state index is -0.355. The second kappa shape index (κ2) is 11.3. The molecule has 0 spiro atoms. The second-order valence-corrected chi connectivity index (χ2v) is 9.54. The first kappa shape index (κ1) is 23.3. The van der Waals surface area contributed by atoms with E-state index in [9.17, 15) is 14.4 Å². The highest BCUT2D eigenvalue weighted by Crippen LogP contribution is 2.37. The van der Waals surface area contributed by atoms with Crippen LogP contribution in [0.4, 0.5) is 10.7 Å². The Morgan fingerprint density at radius 1 is 1.10 bits per heavy atom. The maximum atomic E-state index is 12.7. The lowest BCUT2D eigenvalue weighted by atomic mass is 9.96. The normalized spacial score (nSPS) is 13.5. The molecule has 3 rings (SSSR count). The van der Waals surface area contributed by atoms with Crippen molar-refractivity contribution in [1.29, 1.82) is 0 Å². The molecule has 2 amide bonds. The van der Waals surface area contributed by atoms with Crippen LogP contribution in [0.1, 0.15) is 60.3 Å². The lowest BCUT2D eigenvalue weighted by molar-refractivity contribution is -0.114. The van der Waals surface area contributed by atoms with E-state index < -0.39 is 0 Å². The molecule has 8 heteroatoms. The summed E-state index contributed by atoms with van der Waals surface area (Å²) in [5, 5.41) is 6.29. The first-order chi connectivity index (χ1) is 15.0. The fourth-order valence-corrected chi connectivity index (χ4v) is 5.65. The van der Waals surface area contributed by atoms with Crippen molar-refractivity contribution in [1.82, 2.24) is 0 Å². The Bertz CT molecular complexity index is 955. The average molecular weight is 461 g/mol. The van der Waals surface area contributed by atoms with Gasteiger partial charge in [-0.3, -0.25) is 9.59 Å². The molecule has 166 valence electrons. The predicted octanol–water partition coefficient (Wildman–Crippen LogP) is 5.27. The van der Waals surface area contributed by atoms with Crippen LogP contribution in [0.5, 0.6) is 0 Å². The zero-order chi connectivity index (χ0) is 22.2. The molecule has 2 N–H and O–H groups in total. The summed E-state index contributed by atoms with van der Waals surface area (Å²) in [5.41, 5.74) is 2.28. The van der Waals surface area contributed by atoms with Crippen LogP contribution in [0.25, 0.3) is 0 Å². The highest BCUT2D eigenvalue weighted by atomic mass is 32.2. The van der Waals surface area contributed by atoms with Crippen LogP contribution >= 0.6 is 23.1 Å². The molecule has 0 unspecified atom stereocenters. The second-order valence-electron chi connectivity index (χ2n) is 7.39. The summed E-state index contributed by atoms with van der Waals surface area (Å²) in [7, 11) is 0. The number of nitrogens with one attached hydrogen (secondary N) is 2. The molecule has 1 aromatic carbocycles. The summed E-state index contributed by atoms with van der Waals surface area (Å²) in [6.07, 6.45) is 6.29. The van der Waals surface area contributed by atoms with Gasteiger partial charge in [0.05, 0.1) is 17.9 Å². The van der Waals surface area contributed by atoms with Crippen LogP contribution in [-0.2, 0) is 27.2 Å². The highest BCUT2D eigenvalue weighted by molar-refractivity contribution is 8.00. The molecule has 6 nitrogen and oxygen atoms in total. The number of amides is 2. The molecule has 0 saturated heterocycles. The number of carbonyl (C=O) groups excluding carboxylic acids is 3. The largest absolute Gasteiger partial charge is 0.462 e. The number of benzene rings is 1. The Morgan fingerprint density at radius 3 is 2.61 bits per heavy atom. The monoisotopic (exact) mass is 460 g/mol. The van der Waals surface area contributed by atoms with Crippen LogP contribution < -0.4 is 10.6 Å². The van der Waals surface area contributed by atoms with Crippen molar-refractivity contribution >= 4 is 51.6 Å². The number of ether oxygens (including phenoxy) is 1. The molecule has 1 aliphatic carbocycles. The molecule has 0 fully saturated rings. The number of hydrogen-bond donors (Lipinski definition) is 2. The number of fused-ring (bicyclic) bond motifs is 1. The Morgan fingerprint density at radius 2 is 1.87 bits per heavy atom. The summed E-state index contributed by atoms with van der Waals surface area (Å²) < 4.78 is 5.30. The van der Waals surface area contributed by atoms with E-state index in [1.165, 1.54) is 41.3 Å². The molecule has 31 heavy (non-hydrogen) atoms. The van der Waals surface area contributed by atoms with Gasteiger partial charge in [-0.15, -0.1) is 23.1 Å². The minimum absolute atomic E-state index is 0.139. The average Bonchev–Trinajstić information content (AvgIpc) is 3.02. The third kappa shape index (κ3) is 6.58. The van der Waals surface area contributed by atoms with E-state index >= 15 is 0 Å². The third-order valence-electron chi connectivity index (χ3n) is 4.93. The summed E-state index contributed by atoms with van der Waals surface area (Å²) in [4.78, 5) is 38.7. The number of aryl methyl sites for hydroxylation is 1. The van der Waals surface area contributed by atoms with Crippen LogP contribution in [-0.4, -0.2) is 30.1 Å². The Hall–Kier alpha value is -2.32. The van der Waals surface area contributed by atoms with Crippen molar-refractivity contribution in [3.05, 3.63) is 40.3 Å². The molecule has 0 saturated carbocycles. The lowest BCUT2D eigenvalue weighted by Crippen LogP contribution is -2.17. The van der Waals surface area contributed by atoms with Gasteiger partial charge in [0, 0.05) is 22.4 Å². The maximum absolute atomic E-state index is 12.7. The van der Waals surface area contributed by atoms with Gasteiger partial charge in [-0.05, 0) is 56.4 Å². The fraction of sp³-hybridized carbons (Fsp3) is 0.435. The van der Waals surface area contributed by atoms with E-state index in [0.717, 1.165) is 42.6 Å². The van der Waals surface area contributed by atoms with Gasteiger partial charge >= 0.3 is 5.97 Å². The van der Waals surface area contributed by atoms with Gasteiger partial charge in [-0.25, -0.2) is 4.79 Å². The van der Waals surface area contributed by atoms with Crippen LogP contribution in [0.3, 0.4) is 0 Å². The van der Waals surface area contributed by atoms with E-state index in [2.05, 4.69) is 10.6 Å². The number of thiophene rings is 1. The number of thioether (sulfide) groups is 1. The van der Waals surface area contributed by atoms with Gasteiger partial charge in [0.2, 0.25) is 11.8 Å². The Kier molecular flexibility index (Phi) is 8.54. The summed E-state index contributed by atoms with van der Waals surface area (Å²) in [6, 6.07) is 7.37. The molecule has 1 heterocycles. The van der Waals surface area contributed by atoms with Gasteiger partial charge in [0.1, 0.15) is 5.00 Å². The lowest BCUT2D eigenvalue weighted by Gasteiger charge is -2.11. The standard InChI is InChI=1S/C23H28N2O4S2/c1-3-29-23(28)21-18-11-6-4-5-7-12-19(18)31-22(21)25-20(27)14-30-17-10-8-9-16(13-17)24-15(2)26/h8-10,13H,3-7,11-12,14H2,1-2H3,(H,24,26)(H,25,27). The topological polar surface area (TPSA) is 84.5 Å². The molecule has 0 radical (unpaired) electrons. The van der Waals surface area contributed by atoms with Crippen molar-refractivity contribution in [2.75, 3.05) is 23.0 Å². The van der Waals surface area contributed by atoms with Gasteiger partial charge in [-0.1, -0.05) is 18.9 Å². The number of esters is 1. The van der Waals surface area contributed by atoms with Gasteiger partial charge in [0.25, 0.3) is 0 Å². The summed E-state index contributed by atoms with van der Waals surface area (Å²) in [6.45, 7) is 3.55. The molecular formula is C23H28N2O4S2. The number of rotatable bonds is 7. The van der Waals surface area contributed by atoms with Gasteiger partial charge in [0.15, 0.2) is 0 Å². The van der Waals surface area contributed by atoms with Crippen molar-refractivity contribution in [2.24, 2.45) is 0 Å². The zero-order valence-corrected chi connectivity index (χ0v) is 19.5. The molecule has 2 aromatic rings. The first-order valence-electron chi connectivity index (χ1n) is 10.6. The Labute approximate surface area is 191 Å². The van der Waals surface area contributed by atoms with E-state index in [0.29, 0.717) is 22.9 Å². The molecule has 0 atom stereocenters. The molecule has 0 bridgehead atoms. The van der Waals surface area contributed by atoms with E-state index in [1.54, 1.807) is 13.0 Å². The van der Waals surface area contributed by atoms with Crippen molar-refractivity contribution in [2.45, 2.75) is 57.3 Å². The predicted molar refractivity (Wildman–Crippen MR) is 126 cm³/mol. The third-order valence-corrected chi connectivity index (χ3v) is 7.13. The molecular weight excluding hydrogens is 432 g/mol. The number of carbonyl (C=O) groups is 3. The van der Waals surface area contributed by atoms with Crippen molar-refractivity contribution < 1.29 is 19.1 Å². The van der Waals surface area contributed by atoms with Crippen LogP contribution in [0, 0.1) is 0 Å². The molecule has 1 aliphatic rings. The SMILES string of the molecule is CCOC(=O)c1c(NC(=O)CSc2cccc(NC(C)=O)c2)sc2c1CCCCCC2. The fourth-order valence-electron chi connectivity index (χ4n) is 3.61. The summed E-state index contributed by atoms with van der Waals surface area (Å²) in [5.74, 6) is -0.463. The smallest absolute Gasteiger partial charge is 0.341 e.